The molecule has 16 heavy (non-hydrogen) atoms. The number of hydrogen-bond acceptors (Lipinski definition) is 2. The van der Waals surface area contributed by atoms with Crippen molar-refractivity contribution in [1.29, 1.82) is 0 Å². The highest BCUT2D eigenvalue weighted by Crippen LogP contribution is 2.19. The number of rotatable bonds is 5. The van der Waals surface area contributed by atoms with Gasteiger partial charge in [0.25, 0.3) is 10.1 Å². The van der Waals surface area contributed by atoms with Crippen molar-refractivity contribution in [1.82, 2.24) is 0 Å². The molecule has 0 fully saturated rings. The van der Waals surface area contributed by atoms with Crippen LogP contribution in [-0.2, 0) is 23.0 Å². The van der Waals surface area contributed by atoms with Crippen molar-refractivity contribution >= 4 is 10.1 Å². The molecule has 0 heterocycles. The normalized spacial score (nSPS) is 11.7. The Kier molecular flexibility index (Phi) is 4.50. The second-order valence-electron chi connectivity index (χ2n) is 3.92. The number of aryl methyl sites for hydroxylation is 2. The predicted molar refractivity (Wildman–Crippen MR) is 64.2 cm³/mol. The highest BCUT2D eigenvalue weighted by Gasteiger charge is 2.14. The lowest BCUT2D eigenvalue weighted by atomic mass is 10.0. The minimum Gasteiger partial charge on any atom is -0.282 e. The van der Waals surface area contributed by atoms with E-state index in [0.29, 0.717) is 6.42 Å². The average Bonchev–Trinajstić information content (AvgIpc) is 2.17. The minimum absolute atomic E-state index is 0.0502. The molecule has 0 aliphatic carbocycles. The van der Waals surface area contributed by atoms with Crippen LogP contribution in [0, 0.1) is 0 Å². The Balaban J connectivity index is 3.19. The lowest BCUT2D eigenvalue weighted by Crippen LogP contribution is -2.04. The van der Waals surface area contributed by atoms with Gasteiger partial charge in [0.2, 0.25) is 0 Å². The molecule has 0 aromatic heterocycles. The molecule has 0 aliphatic rings. The summed E-state index contributed by atoms with van der Waals surface area (Å²) in [5.41, 5.74) is 1.84. The van der Waals surface area contributed by atoms with E-state index < -0.39 is 10.1 Å². The number of benzene rings is 1. The summed E-state index contributed by atoms with van der Waals surface area (Å²) in [7, 11) is -4.09. The first-order valence-corrected chi connectivity index (χ1v) is 7.02. The van der Waals surface area contributed by atoms with Crippen LogP contribution < -0.4 is 0 Å². The standard InChI is InChI=1S/C12H18O3S/c1-3-5-10-7-8-12(16(13,14)15)11(9-10)6-4-2/h7-9H,3-6H2,1-2H3,(H,13,14,15). The fourth-order valence-corrected chi connectivity index (χ4v) is 2.53. The fourth-order valence-electron chi connectivity index (χ4n) is 1.79. The zero-order chi connectivity index (χ0) is 12.2. The van der Waals surface area contributed by atoms with E-state index in [1.165, 1.54) is 6.07 Å². The zero-order valence-electron chi connectivity index (χ0n) is 9.73. The summed E-state index contributed by atoms with van der Waals surface area (Å²) in [5, 5.41) is 0. The second kappa shape index (κ2) is 5.46. The zero-order valence-corrected chi connectivity index (χ0v) is 10.5. The lowest BCUT2D eigenvalue weighted by Gasteiger charge is -2.08. The molecule has 1 aromatic carbocycles. The van der Waals surface area contributed by atoms with Crippen LogP contribution in [0.25, 0.3) is 0 Å². The molecule has 0 radical (unpaired) electrons. The van der Waals surface area contributed by atoms with Crippen LogP contribution >= 0.6 is 0 Å². The lowest BCUT2D eigenvalue weighted by molar-refractivity contribution is 0.482. The maximum Gasteiger partial charge on any atom is 0.294 e. The van der Waals surface area contributed by atoms with Crippen molar-refractivity contribution in [2.24, 2.45) is 0 Å². The van der Waals surface area contributed by atoms with Gasteiger partial charge in [-0.2, -0.15) is 8.42 Å². The predicted octanol–water partition coefficient (Wildman–Crippen LogP) is 2.84. The van der Waals surface area contributed by atoms with E-state index >= 15 is 0 Å². The maximum atomic E-state index is 11.2. The Bertz CT molecular complexity index is 449. The van der Waals surface area contributed by atoms with Crippen LogP contribution in [0.15, 0.2) is 23.1 Å². The first-order chi connectivity index (χ1) is 7.49. The van der Waals surface area contributed by atoms with Crippen LogP contribution in [0.3, 0.4) is 0 Å². The molecule has 1 rings (SSSR count). The first kappa shape index (κ1) is 13.2. The molecule has 4 heteroatoms. The maximum absolute atomic E-state index is 11.2. The second-order valence-corrected chi connectivity index (χ2v) is 5.31. The third-order valence-corrected chi connectivity index (χ3v) is 3.41. The van der Waals surface area contributed by atoms with Gasteiger partial charge in [0, 0.05) is 0 Å². The molecular formula is C12H18O3S. The van der Waals surface area contributed by atoms with Gasteiger partial charge in [-0.25, -0.2) is 0 Å². The highest BCUT2D eigenvalue weighted by atomic mass is 32.2. The van der Waals surface area contributed by atoms with Gasteiger partial charge in [-0.1, -0.05) is 38.8 Å². The van der Waals surface area contributed by atoms with E-state index in [2.05, 4.69) is 6.92 Å². The van der Waals surface area contributed by atoms with Crippen molar-refractivity contribution in [3.05, 3.63) is 29.3 Å². The summed E-state index contributed by atoms with van der Waals surface area (Å²) < 4.78 is 31.4. The van der Waals surface area contributed by atoms with E-state index in [9.17, 15) is 8.42 Å². The van der Waals surface area contributed by atoms with Crippen LogP contribution in [-0.4, -0.2) is 13.0 Å². The van der Waals surface area contributed by atoms with Crippen LogP contribution in [0.2, 0.25) is 0 Å². The smallest absolute Gasteiger partial charge is 0.282 e. The van der Waals surface area contributed by atoms with Crippen LogP contribution in [0.1, 0.15) is 37.8 Å². The number of hydrogen-bond donors (Lipinski definition) is 1. The molecule has 0 bridgehead atoms. The Labute approximate surface area is 97.2 Å². The summed E-state index contributed by atoms with van der Waals surface area (Å²) in [5.74, 6) is 0. The van der Waals surface area contributed by atoms with E-state index in [1.54, 1.807) is 6.07 Å². The Hall–Kier alpha value is -0.870. The Morgan fingerprint density at radius 1 is 1.12 bits per heavy atom. The quantitative estimate of drug-likeness (QED) is 0.808. The molecule has 90 valence electrons. The molecule has 0 aliphatic heterocycles. The molecule has 0 amide bonds. The molecule has 1 aromatic rings. The molecule has 0 saturated carbocycles. The van der Waals surface area contributed by atoms with Crippen LogP contribution in [0.4, 0.5) is 0 Å². The third kappa shape index (κ3) is 3.32. The van der Waals surface area contributed by atoms with Gasteiger partial charge in [0.15, 0.2) is 0 Å². The minimum atomic E-state index is -4.09. The molecule has 1 N–H and O–H groups in total. The summed E-state index contributed by atoms with van der Waals surface area (Å²) in [6.07, 6.45) is 3.49. The van der Waals surface area contributed by atoms with Crippen LogP contribution in [0.5, 0.6) is 0 Å². The fraction of sp³-hybridized carbons (Fsp3) is 0.500. The molecule has 0 spiro atoms. The van der Waals surface area contributed by atoms with E-state index in [4.69, 9.17) is 4.55 Å². The van der Waals surface area contributed by atoms with Crippen molar-refractivity contribution in [2.75, 3.05) is 0 Å². The van der Waals surface area contributed by atoms with Crippen molar-refractivity contribution in [3.8, 4) is 0 Å². The van der Waals surface area contributed by atoms with Gasteiger partial charge in [-0.05, 0) is 30.0 Å². The SMILES string of the molecule is CCCc1ccc(S(=O)(=O)O)c(CCC)c1. The third-order valence-electron chi connectivity index (χ3n) is 2.46. The van der Waals surface area contributed by atoms with Gasteiger partial charge in [0.1, 0.15) is 0 Å². The summed E-state index contributed by atoms with van der Waals surface area (Å²) in [6, 6.07) is 5.16. The van der Waals surface area contributed by atoms with Gasteiger partial charge in [0.05, 0.1) is 4.90 Å². The molecule has 3 nitrogen and oxygen atoms in total. The van der Waals surface area contributed by atoms with E-state index in [1.807, 2.05) is 13.0 Å². The Morgan fingerprint density at radius 3 is 2.25 bits per heavy atom. The summed E-state index contributed by atoms with van der Waals surface area (Å²) in [6.45, 7) is 4.07. The van der Waals surface area contributed by atoms with E-state index in [0.717, 1.165) is 30.4 Å². The molecule has 0 atom stereocenters. The van der Waals surface area contributed by atoms with Gasteiger partial charge in [-0.3, -0.25) is 4.55 Å². The Morgan fingerprint density at radius 2 is 1.75 bits per heavy atom. The monoisotopic (exact) mass is 242 g/mol. The van der Waals surface area contributed by atoms with Gasteiger partial charge in [-0.15, -0.1) is 0 Å². The van der Waals surface area contributed by atoms with Crippen molar-refractivity contribution in [2.45, 2.75) is 44.4 Å². The first-order valence-electron chi connectivity index (χ1n) is 5.58. The van der Waals surface area contributed by atoms with Gasteiger partial charge < -0.3 is 0 Å². The summed E-state index contributed by atoms with van der Waals surface area (Å²) >= 11 is 0. The molecule has 0 saturated heterocycles. The largest absolute Gasteiger partial charge is 0.294 e. The van der Waals surface area contributed by atoms with E-state index in [-0.39, 0.29) is 4.90 Å². The average molecular weight is 242 g/mol. The van der Waals surface area contributed by atoms with Gasteiger partial charge >= 0.3 is 0 Å². The van der Waals surface area contributed by atoms with Crippen molar-refractivity contribution in [3.63, 3.8) is 0 Å². The van der Waals surface area contributed by atoms with Crippen molar-refractivity contribution < 1.29 is 13.0 Å². The topological polar surface area (TPSA) is 54.4 Å². The molecular weight excluding hydrogens is 224 g/mol. The molecule has 0 unspecified atom stereocenters. The highest BCUT2D eigenvalue weighted by molar-refractivity contribution is 7.85. The summed E-state index contributed by atoms with van der Waals surface area (Å²) in [4.78, 5) is 0.0502.